The van der Waals surface area contributed by atoms with Crippen molar-refractivity contribution in [1.82, 2.24) is 0 Å². The Bertz CT molecular complexity index is 426. The van der Waals surface area contributed by atoms with Crippen molar-refractivity contribution in [2.24, 2.45) is 4.99 Å². The molecule has 2 aromatic carbocycles. The van der Waals surface area contributed by atoms with Gasteiger partial charge in [-0.3, -0.25) is 0 Å². The molecule has 2 nitrogen and oxygen atoms in total. The van der Waals surface area contributed by atoms with Crippen molar-refractivity contribution >= 4 is 17.7 Å². The van der Waals surface area contributed by atoms with Crippen LogP contribution in [-0.4, -0.2) is 6.34 Å². The van der Waals surface area contributed by atoms with Gasteiger partial charge in [-0.05, 0) is 11.4 Å². The molecule has 16 heavy (non-hydrogen) atoms. The summed E-state index contributed by atoms with van der Waals surface area (Å²) in [5.74, 6) is 0. The van der Waals surface area contributed by atoms with Gasteiger partial charge < -0.3 is 10.3 Å². The van der Waals surface area contributed by atoms with Gasteiger partial charge in [-0.1, -0.05) is 67.0 Å². The average molecular weight is 202 g/mol. The molecule has 0 heterocycles. The van der Waals surface area contributed by atoms with Crippen molar-refractivity contribution in [3.8, 4) is 0 Å². The quantitative estimate of drug-likeness (QED) is 0.404. The number of hydrogen-bond acceptors (Lipinski definition) is 1. The van der Waals surface area contributed by atoms with Gasteiger partial charge in [-0.15, -0.1) is 0 Å². The fourth-order valence-corrected chi connectivity index (χ4v) is 1.19. The Kier molecular flexibility index (Phi) is 5.42. The molecule has 0 aromatic heterocycles. The molecule has 74 valence electrons. The Labute approximate surface area is 108 Å². The summed E-state index contributed by atoms with van der Waals surface area (Å²) < 4.78 is 0. The molecule has 2 rings (SSSR count). The zero-order chi connectivity index (χ0) is 10.3. The van der Waals surface area contributed by atoms with Crippen molar-refractivity contribution < 1.29 is 18.9 Å². The molecule has 0 N–H and O–H groups in total. The average Bonchev–Trinajstić information content (AvgIpc) is 2.32. The van der Waals surface area contributed by atoms with Crippen LogP contribution in [-0.2, 0) is 0 Å². The SMILES string of the molecule is C(=Nc1ccccc1)[N-]c1ccccc1.[Li+]. The van der Waals surface area contributed by atoms with E-state index in [1.54, 1.807) is 6.34 Å². The van der Waals surface area contributed by atoms with Gasteiger partial charge in [0.25, 0.3) is 0 Å². The van der Waals surface area contributed by atoms with Crippen molar-refractivity contribution in [1.29, 1.82) is 0 Å². The van der Waals surface area contributed by atoms with Gasteiger partial charge in [0.05, 0.1) is 0 Å². The van der Waals surface area contributed by atoms with E-state index in [2.05, 4.69) is 10.3 Å². The minimum atomic E-state index is 0. The summed E-state index contributed by atoms with van der Waals surface area (Å²) in [5.41, 5.74) is 1.83. The van der Waals surface area contributed by atoms with Crippen LogP contribution >= 0.6 is 0 Å². The van der Waals surface area contributed by atoms with E-state index in [1.165, 1.54) is 0 Å². The molecule has 0 aliphatic carbocycles. The molecule has 0 amide bonds. The summed E-state index contributed by atoms with van der Waals surface area (Å²) in [6.07, 6.45) is 1.57. The standard InChI is InChI=1S/C13H11N2.Li/c1-3-7-12(8-4-1)14-11-15-13-9-5-2-6-10-13;/h1-11H;/q-1;+1. The van der Waals surface area contributed by atoms with E-state index in [9.17, 15) is 0 Å². The first-order valence-corrected chi connectivity index (χ1v) is 4.78. The number of benzene rings is 2. The fourth-order valence-electron chi connectivity index (χ4n) is 1.19. The minimum absolute atomic E-state index is 0. The first-order valence-electron chi connectivity index (χ1n) is 4.78. The molecule has 0 saturated carbocycles. The third kappa shape index (κ3) is 3.94. The van der Waals surface area contributed by atoms with Gasteiger partial charge in [-0.2, -0.15) is 0 Å². The van der Waals surface area contributed by atoms with Crippen LogP contribution in [0, 0.1) is 0 Å². The molecule has 3 heteroatoms. The summed E-state index contributed by atoms with van der Waals surface area (Å²) in [7, 11) is 0. The first-order chi connectivity index (χ1) is 7.45. The Morgan fingerprint density at radius 1 is 0.812 bits per heavy atom. The second kappa shape index (κ2) is 6.89. The molecule has 0 aliphatic rings. The molecule has 2 aromatic rings. The van der Waals surface area contributed by atoms with E-state index in [4.69, 9.17) is 0 Å². The van der Waals surface area contributed by atoms with Gasteiger partial charge in [0.1, 0.15) is 0 Å². The third-order valence-corrected chi connectivity index (χ3v) is 1.93. The number of hydrogen-bond donors (Lipinski definition) is 0. The van der Waals surface area contributed by atoms with E-state index < -0.39 is 0 Å². The van der Waals surface area contributed by atoms with E-state index in [-0.39, 0.29) is 18.9 Å². The van der Waals surface area contributed by atoms with Crippen LogP contribution in [0.5, 0.6) is 0 Å². The Morgan fingerprint density at radius 3 is 2.00 bits per heavy atom. The molecule has 0 atom stereocenters. The topological polar surface area (TPSA) is 26.5 Å². The zero-order valence-electron chi connectivity index (χ0n) is 9.25. The van der Waals surface area contributed by atoms with Crippen molar-refractivity contribution in [3.05, 3.63) is 66.0 Å². The van der Waals surface area contributed by atoms with E-state index in [1.807, 2.05) is 60.7 Å². The second-order valence-electron chi connectivity index (χ2n) is 3.04. The molecule has 0 fully saturated rings. The minimum Gasteiger partial charge on any atom is -0.443 e. The molecule has 0 saturated heterocycles. The molecule has 0 aliphatic heterocycles. The van der Waals surface area contributed by atoms with E-state index >= 15 is 0 Å². The number of aliphatic imine (C=N–C) groups is 1. The second-order valence-corrected chi connectivity index (χ2v) is 3.04. The predicted molar refractivity (Wildman–Crippen MR) is 64.1 cm³/mol. The molecule has 0 spiro atoms. The summed E-state index contributed by atoms with van der Waals surface area (Å²) in [5, 5.41) is 4.21. The summed E-state index contributed by atoms with van der Waals surface area (Å²) in [6, 6.07) is 19.5. The van der Waals surface area contributed by atoms with Crippen molar-refractivity contribution in [2.45, 2.75) is 0 Å². The molecule has 0 unspecified atom stereocenters. The smallest absolute Gasteiger partial charge is 0.443 e. The maximum absolute atomic E-state index is 4.21. The predicted octanol–water partition coefficient (Wildman–Crippen LogP) is 1.06. The zero-order valence-corrected chi connectivity index (χ0v) is 9.25. The van der Waals surface area contributed by atoms with E-state index in [0.717, 1.165) is 11.4 Å². The van der Waals surface area contributed by atoms with Crippen LogP contribution in [0.1, 0.15) is 0 Å². The summed E-state index contributed by atoms with van der Waals surface area (Å²) in [6.45, 7) is 0. The van der Waals surface area contributed by atoms with Gasteiger partial charge in [0.15, 0.2) is 0 Å². The van der Waals surface area contributed by atoms with Crippen LogP contribution < -0.4 is 18.9 Å². The first kappa shape index (κ1) is 12.6. The number of rotatable bonds is 3. The summed E-state index contributed by atoms with van der Waals surface area (Å²) >= 11 is 0. The third-order valence-electron chi connectivity index (χ3n) is 1.93. The van der Waals surface area contributed by atoms with Gasteiger partial charge in [-0.25, -0.2) is 0 Å². The van der Waals surface area contributed by atoms with Gasteiger partial charge in [0.2, 0.25) is 0 Å². The van der Waals surface area contributed by atoms with Gasteiger partial charge in [0, 0.05) is 0 Å². The van der Waals surface area contributed by atoms with Crippen LogP contribution in [0.4, 0.5) is 11.4 Å². The maximum atomic E-state index is 4.21. The van der Waals surface area contributed by atoms with Crippen LogP contribution in [0.2, 0.25) is 0 Å². The van der Waals surface area contributed by atoms with Gasteiger partial charge >= 0.3 is 18.9 Å². The molecule has 0 bridgehead atoms. The number of nitrogens with zero attached hydrogens (tertiary/aromatic N) is 2. The van der Waals surface area contributed by atoms with Crippen LogP contribution in [0.25, 0.3) is 5.32 Å². The fraction of sp³-hybridized carbons (Fsp3) is 0. The molecule has 0 radical (unpaired) electrons. The molecular weight excluding hydrogens is 191 g/mol. The normalized spacial score (nSPS) is 9.75. The largest absolute Gasteiger partial charge is 1.00 e. The Morgan fingerprint density at radius 2 is 1.38 bits per heavy atom. The van der Waals surface area contributed by atoms with E-state index in [0.29, 0.717) is 0 Å². The monoisotopic (exact) mass is 202 g/mol. The maximum Gasteiger partial charge on any atom is 1.00 e. The Hall–Kier alpha value is -1.49. The Balaban J connectivity index is 0.00000128. The van der Waals surface area contributed by atoms with Crippen LogP contribution in [0.3, 0.4) is 0 Å². The van der Waals surface area contributed by atoms with Crippen molar-refractivity contribution in [3.63, 3.8) is 0 Å². The molecular formula is C13H11LiN2. The summed E-state index contributed by atoms with van der Waals surface area (Å²) in [4.78, 5) is 4.21. The number of para-hydroxylation sites is 2. The van der Waals surface area contributed by atoms with Crippen molar-refractivity contribution in [2.75, 3.05) is 0 Å². The van der Waals surface area contributed by atoms with Crippen LogP contribution in [0.15, 0.2) is 65.7 Å².